The SMILES string of the molecule is C[C@@H]1CN(c2ccc(OCc3ccccc3)cc2N)CCN1C(=O)OC(C)(C)C. The van der Waals surface area contributed by atoms with E-state index in [1.807, 2.05) is 76.2 Å². The Hall–Kier alpha value is -2.89. The van der Waals surface area contributed by atoms with Gasteiger partial charge in [-0.05, 0) is 45.4 Å². The molecule has 1 fully saturated rings. The summed E-state index contributed by atoms with van der Waals surface area (Å²) in [7, 11) is 0. The van der Waals surface area contributed by atoms with Crippen LogP contribution in [0.3, 0.4) is 0 Å². The Labute approximate surface area is 173 Å². The van der Waals surface area contributed by atoms with Crippen LogP contribution in [0.25, 0.3) is 0 Å². The van der Waals surface area contributed by atoms with Crippen molar-refractivity contribution in [1.82, 2.24) is 4.90 Å². The summed E-state index contributed by atoms with van der Waals surface area (Å²) >= 11 is 0. The highest BCUT2D eigenvalue weighted by Gasteiger charge is 2.31. The van der Waals surface area contributed by atoms with Crippen LogP contribution in [0.15, 0.2) is 48.5 Å². The summed E-state index contributed by atoms with van der Waals surface area (Å²) in [6.07, 6.45) is -0.262. The van der Waals surface area contributed by atoms with Gasteiger partial charge < -0.3 is 25.0 Å². The highest BCUT2D eigenvalue weighted by atomic mass is 16.6. The Morgan fingerprint density at radius 1 is 1.14 bits per heavy atom. The van der Waals surface area contributed by atoms with Gasteiger partial charge in [-0.25, -0.2) is 4.79 Å². The minimum Gasteiger partial charge on any atom is -0.489 e. The average Bonchev–Trinajstić information content (AvgIpc) is 2.65. The van der Waals surface area contributed by atoms with Crippen LogP contribution in [0.1, 0.15) is 33.3 Å². The Bertz CT molecular complexity index is 833. The number of carbonyl (C=O) groups is 1. The molecule has 0 bridgehead atoms. The molecule has 29 heavy (non-hydrogen) atoms. The van der Waals surface area contributed by atoms with E-state index in [0.717, 1.165) is 17.0 Å². The molecule has 0 unspecified atom stereocenters. The lowest BCUT2D eigenvalue weighted by Gasteiger charge is -2.41. The van der Waals surface area contributed by atoms with Crippen LogP contribution >= 0.6 is 0 Å². The second-order valence-electron chi connectivity index (χ2n) is 8.46. The van der Waals surface area contributed by atoms with Crippen LogP contribution in [0.2, 0.25) is 0 Å². The predicted octanol–water partition coefficient (Wildman–Crippen LogP) is 4.29. The molecule has 2 aromatic carbocycles. The van der Waals surface area contributed by atoms with Crippen molar-refractivity contribution in [2.75, 3.05) is 30.3 Å². The summed E-state index contributed by atoms with van der Waals surface area (Å²) in [6, 6.07) is 15.9. The molecule has 1 aliphatic rings. The van der Waals surface area contributed by atoms with Crippen LogP contribution in [-0.2, 0) is 11.3 Å². The third-order valence-electron chi connectivity index (χ3n) is 4.84. The van der Waals surface area contributed by atoms with E-state index >= 15 is 0 Å². The molecule has 156 valence electrons. The lowest BCUT2D eigenvalue weighted by atomic mass is 10.1. The second-order valence-corrected chi connectivity index (χ2v) is 8.46. The van der Waals surface area contributed by atoms with Crippen molar-refractivity contribution in [2.24, 2.45) is 0 Å². The van der Waals surface area contributed by atoms with Crippen LogP contribution in [0, 0.1) is 0 Å². The summed E-state index contributed by atoms with van der Waals surface area (Å²) in [6.45, 7) is 10.2. The molecule has 6 nitrogen and oxygen atoms in total. The molecular formula is C23H31N3O3. The summed E-state index contributed by atoms with van der Waals surface area (Å²) in [5.74, 6) is 0.746. The van der Waals surface area contributed by atoms with E-state index in [0.29, 0.717) is 31.9 Å². The van der Waals surface area contributed by atoms with Gasteiger partial charge in [-0.1, -0.05) is 30.3 Å². The molecule has 2 aromatic rings. The number of anilines is 2. The molecule has 0 aliphatic carbocycles. The lowest BCUT2D eigenvalue weighted by molar-refractivity contribution is 0.0159. The molecule has 0 radical (unpaired) electrons. The largest absolute Gasteiger partial charge is 0.489 e. The van der Waals surface area contributed by atoms with Crippen molar-refractivity contribution in [1.29, 1.82) is 0 Å². The summed E-state index contributed by atoms with van der Waals surface area (Å²) in [5.41, 5.74) is 8.58. The van der Waals surface area contributed by atoms with Gasteiger partial charge in [0, 0.05) is 31.7 Å². The van der Waals surface area contributed by atoms with Gasteiger partial charge in [-0.2, -0.15) is 0 Å². The number of benzene rings is 2. The van der Waals surface area contributed by atoms with Crippen molar-refractivity contribution in [3.8, 4) is 5.75 Å². The molecule has 1 aliphatic heterocycles. The highest BCUT2D eigenvalue weighted by Crippen LogP contribution is 2.30. The van der Waals surface area contributed by atoms with Gasteiger partial charge in [0.15, 0.2) is 0 Å². The van der Waals surface area contributed by atoms with E-state index in [9.17, 15) is 4.79 Å². The Kier molecular flexibility index (Phi) is 6.20. The molecule has 1 amide bonds. The fraction of sp³-hybridized carbons (Fsp3) is 0.435. The lowest BCUT2D eigenvalue weighted by Crippen LogP contribution is -2.55. The third-order valence-corrected chi connectivity index (χ3v) is 4.84. The number of nitrogens with zero attached hydrogens (tertiary/aromatic N) is 2. The summed E-state index contributed by atoms with van der Waals surface area (Å²) in [5, 5.41) is 0. The Balaban J connectivity index is 1.60. The zero-order chi connectivity index (χ0) is 21.0. The van der Waals surface area contributed by atoms with Gasteiger partial charge >= 0.3 is 6.09 Å². The first-order valence-electron chi connectivity index (χ1n) is 10.0. The second kappa shape index (κ2) is 8.64. The van der Waals surface area contributed by atoms with Crippen molar-refractivity contribution in [2.45, 2.75) is 45.9 Å². The normalized spacial score (nSPS) is 17.2. The minimum atomic E-state index is -0.492. The van der Waals surface area contributed by atoms with Crippen LogP contribution < -0.4 is 15.4 Å². The molecule has 0 spiro atoms. The van der Waals surface area contributed by atoms with Gasteiger partial charge in [0.1, 0.15) is 18.0 Å². The number of ether oxygens (including phenoxy) is 2. The zero-order valence-corrected chi connectivity index (χ0v) is 17.7. The predicted molar refractivity (Wildman–Crippen MR) is 116 cm³/mol. The number of nitrogen functional groups attached to an aromatic ring is 1. The molecule has 0 saturated carbocycles. The number of amides is 1. The third kappa shape index (κ3) is 5.56. The molecule has 1 heterocycles. The van der Waals surface area contributed by atoms with E-state index in [1.165, 1.54) is 0 Å². The first kappa shape index (κ1) is 20.8. The van der Waals surface area contributed by atoms with E-state index in [-0.39, 0.29) is 12.1 Å². The number of piperazine rings is 1. The van der Waals surface area contributed by atoms with Crippen LogP contribution in [0.4, 0.5) is 16.2 Å². The zero-order valence-electron chi connectivity index (χ0n) is 17.7. The standard InChI is InChI=1S/C23H31N3O3/c1-17-15-25(12-13-26(17)22(27)29-23(2,3)4)21-11-10-19(14-20(21)24)28-16-18-8-6-5-7-9-18/h5-11,14,17H,12-13,15-16,24H2,1-4H3/t17-/m1/s1. The topological polar surface area (TPSA) is 68.0 Å². The quantitative estimate of drug-likeness (QED) is 0.780. The van der Waals surface area contributed by atoms with E-state index in [4.69, 9.17) is 15.2 Å². The monoisotopic (exact) mass is 397 g/mol. The van der Waals surface area contributed by atoms with Crippen molar-refractivity contribution in [3.63, 3.8) is 0 Å². The number of carbonyl (C=O) groups excluding carboxylic acids is 1. The highest BCUT2D eigenvalue weighted by molar-refractivity contribution is 5.72. The molecular weight excluding hydrogens is 366 g/mol. The number of rotatable bonds is 4. The Morgan fingerprint density at radius 2 is 1.86 bits per heavy atom. The van der Waals surface area contributed by atoms with Crippen LogP contribution in [-0.4, -0.2) is 42.3 Å². The van der Waals surface area contributed by atoms with Crippen molar-refractivity contribution >= 4 is 17.5 Å². The summed E-state index contributed by atoms with van der Waals surface area (Å²) < 4.78 is 11.4. The molecule has 0 aromatic heterocycles. The van der Waals surface area contributed by atoms with Crippen LogP contribution in [0.5, 0.6) is 5.75 Å². The van der Waals surface area contributed by atoms with E-state index in [2.05, 4.69) is 4.90 Å². The van der Waals surface area contributed by atoms with E-state index in [1.54, 1.807) is 4.90 Å². The fourth-order valence-corrected chi connectivity index (χ4v) is 3.42. The smallest absolute Gasteiger partial charge is 0.410 e. The van der Waals surface area contributed by atoms with Gasteiger partial charge in [0.2, 0.25) is 0 Å². The number of nitrogens with two attached hydrogens (primary N) is 1. The minimum absolute atomic E-state index is 0.0343. The van der Waals surface area contributed by atoms with Crippen molar-refractivity contribution < 1.29 is 14.3 Å². The maximum Gasteiger partial charge on any atom is 0.410 e. The van der Waals surface area contributed by atoms with Gasteiger partial charge in [-0.3, -0.25) is 0 Å². The van der Waals surface area contributed by atoms with Gasteiger partial charge in [0.25, 0.3) is 0 Å². The molecule has 2 N–H and O–H groups in total. The van der Waals surface area contributed by atoms with Gasteiger partial charge in [0.05, 0.1) is 11.4 Å². The number of hydrogen-bond acceptors (Lipinski definition) is 5. The molecule has 6 heteroatoms. The molecule has 1 atom stereocenters. The first-order chi connectivity index (χ1) is 13.7. The first-order valence-corrected chi connectivity index (χ1v) is 10.0. The maximum atomic E-state index is 12.4. The summed E-state index contributed by atoms with van der Waals surface area (Å²) in [4.78, 5) is 16.4. The Morgan fingerprint density at radius 3 is 2.48 bits per heavy atom. The fourth-order valence-electron chi connectivity index (χ4n) is 3.42. The van der Waals surface area contributed by atoms with Gasteiger partial charge in [-0.15, -0.1) is 0 Å². The maximum absolute atomic E-state index is 12.4. The molecule has 3 rings (SSSR count). The van der Waals surface area contributed by atoms with Crippen molar-refractivity contribution in [3.05, 3.63) is 54.1 Å². The van der Waals surface area contributed by atoms with E-state index < -0.39 is 5.60 Å². The average molecular weight is 398 g/mol. The molecule has 1 saturated heterocycles. The number of hydrogen-bond donors (Lipinski definition) is 1.